The van der Waals surface area contributed by atoms with Gasteiger partial charge in [0.25, 0.3) is 0 Å². The number of nitrogens with zero attached hydrogens (tertiary/aromatic N) is 1. The average molecular weight is 348 g/mol. The second-order valence-electron chi connectivity index (χ2n) is 8.70. The molecule has 2 nitrogen and oxygen atoms in total. The lowest BCUT2D eigenvalue weighted by Crippen LogP contribution is -2.32. The first-order chi connectivity index (χ1) is 12.2. The number of carbonyl (C=O) groups excluding carboxylic acids is 1. The van der Waals surface area contributed by atoms with Gasteiger partial charge in [0.2, 0.25) is 0 Å². The smallest absolute Gasteiger partial charge is 0.151 e. The first kappa shape index (κ1) is 18.6. The molecule has 1 aliphatic rings. The van der Waals surface area contributed by atoms with Crippen molar-refractivity contribution in [1.29, 1.82) is 0 Å². The van der Waals surface area contributed by atoms with E-state index in [-0.39, 0.29) is 11.3 Å². The van der Waals surface area contributed by atoms with Crippen LogP contribution in [0.5, 0.6) is 0 Å². The van der Waals surface area contributed by atoms with Crippen molar-refractivity contribution in [3.05, 3.63) is 65.7 Å². The summed E-state index contributed by atoms with van der Waals surface area (Å²) in [4.78, 5) is 18.0. The Bertz CT molecular complexity index is 812. The number of rotatable bonds is 3. The molecule has 0 amide bonds. The van der Waals surface area contributed by atoms with Gasteiger partial charge in [0, 0.05) is 5.71 Å². The number of benzene rings is 2. The highest BCUT2D eigenvalue weighted by molar-refractivity contribution is 6.10. The number of hydrogen-bond donors (Lipinski definition) is 0. The summed E-state index contributed by atoms with van der Waals surface area (Å²) in [6.45, 7) is 10.7. The molecular formula is C24H29NO. The highest BCUT2D eigenvalue weighted by atomic mass is 16.1. The fourth-order valence-electron chi connectivity index (χ4n) is 3.88. The molecule has 0 aromatic heterocycles. The summed E-state index contributed by atoms with van der Waals surface area (Å²) >= 11 is 0. The quantitative estimate of drug-likeness (QED) is 0.625. The zero-order chi connectivity index (χ0) is 18.9. The normalized spacial score (nSPS) is 24.1. The molecule has 2 heteroatoms. The first-order valence-electron chi connectivity index (χ1n) is 9.47. The Balaban J connectivity index is 1.84. The fraction of sp³-hybridized carbons (Fsp3) is 0.417. The summed E-state index contributed by atoms with van der Waals surface area (Å²) in [5.41, 5.74) is 3.99. The van der Waals surface area contributed by atoms with Crippen molar-refractivity contribution in [2.75, 3.05) is 0 Å². The Morgan fingerprint density at radius 3 is 2.23 bits per heavy atom. The standard InChI is InChI=1S/C24H29NO/c1-17(25-20-9-7-6-8-10-20)21-15-16-24(5,22(21)26)19-13-11-18(12-14-19)23(2,3)4/h6-14,21H,15-16H2,1-5H3. The van der Waals surface area contributed by atoms with E-state index in [1.54, 1.807) is 0 Å². The lowest BCUT2D eigenvalue weighted by Gasteiger charge is -2.25. The zero-order valence-corrected chi connectivity index (χ0v) is 16.5. The second-order valence-corrected chi connectivity index (χ2v) is 8.70. The highest BCUT2D eigenvalue weighted by Gasteiger charge is 2.46. The molecule has 2 aromatic rings. The van der Waals surface area contributed by atoms with Crippen LogP contribution in [0.3, 0.4) is 0 Å². The average Bonchev–Trinajstić information content (AvgIpc) is 2.92. The third kappa shape index (κ3) is 3.51. The summed E-state index contributed by atoms with van der Waals surface area (Å²) in [6.07, 6.45) is 1.76. The molecule has 1 aliphatic carbocycles. The lowest BCUT2D eigenvalue weighted by atomic mass is 9.77. The number of hydrogen-bond acceptors (Lipinski definition) is 2. The molecule has 2 unspecified atom stereocenters. The van der Waals surface area contributed by atoms with E-state index in [1.807, 2.05) is 37.3 Å². The van der Waals surface area contributed by atoms with Crippen LogP contribution in [-0.2, 0) is 15.6 Å². The first-order valence-corrected chi connectivity index (χ1v) is 9.47. The van der Waals surface area contributed by atoms with Crippen LogP contribution in [0.4, 0.5) is 5.69 Å². The summed E-state index contributed by atoms with van der Waals surface area (Å²) in [7, 11) is 0. The van der Waals surface area contributed by atoms with Crippen molar-refractivity contribution in [3.8, 4) is 0 Å². The Kier molecular flexibility index (Phi) is 4.88. The zero-order valence-electron chi connectivity index (χ0n) is 16.5. The molecule has 0 N–H and O–H groups in total. The number of para-hydroxylation sites is 1. The summed E-state index contributed by atoms with van der Waals surface area (Å²) in [5, 5.41) is 0. The number of carbonyl (C=O) groups is 1. The molecule has 0 bridgehead atoms. The maximum atomic E-state index is 13.3. The van der Waals surface area contributed by atoms with Crippen LogP contribution in [0.15, 0.2) is 59.6 Å². The molecule has 1 saturated carbocycles. The van der Waals surface area contributed by atoms with Gasteiger partial charge in [-0.05, 0) is 55.4 Å². The summed E-state index contributed by atoms with van der Waals surface area (Å²) in [5.74, 6) is 0.223. The number of ketones is 1. The molecule has 0 spiro atoms. The van der Waals surface area contributed by atoms with E-state index in [9.17, 15) is 4.79 Å². The molecule has 26 heavy (non-hydrogen) atoms. The Labute approximate surface area is 157 Å². The molecule has 2 aromatic carbocycles. The summed E-state index contributed by atoms with van der Waals surface area (Å²) < 4.78 is 0. The maximum Gasteiger partial charge on any atom is 0.151 e. The highest BCUT2D eigenvalue weighted by Crippen LogP contribution is 2.42. The predicted octanol–water partition coefficient (Wildman–Crippen LogP) is 6.01. The number of aliphatic imine (C=N–C) groups is 1. The van der Waals surface area contributed by atoms with Crippen LogP contribution in [0, 0.1) is 5.92 Å². The van der Waals surface area contributed by atoms with E-state index in [2.05, 4.69) is 52.0 Å². The van der Waals surface area contributed by atoms with Crippen molar-refractivity contribution < 1.29 is 4.79 Å². The largest absolute Gasteiger partial charge is 0.298 e. The summed E-state index contributed by atoms with van der Waals surface area (Å²) in [6, 6.07) is 18.5. The van der Waals surface area contributed by atoms with E-state index in [0.29, 0.717) is 5.78 Å². The Morgan fingerprint density at radius 2 is 1.65 bits per heavy atom. The van der Waals surface area contributed by atoms with E-state index in [1.165, 1.54) is 5.56 Å². The van der Waals surface area contributed by atoms with Gasteiger partial charge in [-0.25, -0.2) is 0 Å². The van der Waals surface area contributed by atoms with Gasteiger partial charge < -0.3 is 0 Å². The second kappa shape index (κ2) is 6.83. The molecule has 3 rings (SSSR count). The van der Waals surface area contributed by atoms with Crippen molar-refractivity contribution in [1.82, 2.24) is 0 Å². The maximum absolute atomic E-state index is 13.3. The van der Waals surface area contributed by atoms with Crippen LogP contribution in [0.25, 0.3) is 0 Å². The van der Waals surface area contributed by atoms with Gasteiger partial charge in [-0.2, -0.15) is 0 Å². The molecule has 136 valence electrons. The molecule has 0 heterocycles. The minimum Gasteiger partial charge on any atom is -0.298 e. The van der Waals surface area contributed by atoms with E-state index in [0.717, 1.165) is 29.8 Å². The predicted molar refractivity (Wildman–Crippen MR) is 109 cm³/mol. The van der Waals surface area contributed by atoms with Crippen LogP contribution >= 0.6 is 0 Å². The van der Waals surface area contributed by atoms with Crippen molar-refractivity contribution in [2.24, 2.45) is 10.9 Å². The molecule has 0 aliphatic heterocycles. The van der Waals surface area contributed by atoms with E-state index >= 15 is 0 Å². The van der Waals surface area contributed by atoms with Gasteiger partial charge in [0.15, 0.2) is 5.78 Å². The lowest BCUT2D eigenvalue weighted by molar-refractivity contribution is -0.123. The van der Waals surface area contributed by atoms with Gasteiger partial charge in [0.1, 0.15) is 0 Å². The Morgan fingerprint density at radius 1 is 1.04 bits per heavy atom. The minimum atomic E-state index is -0.408. The van der Waals surface area contributed by atoms with Crippen LogP contribution in [0.2, 0.25) is 0 Å². The molecule has 1 fully saturated rings. The van der Waals surface area contributed by atoms with Gasteiger partial charge in [-0.1, -0.05) is 63.2 Å². The van der Waals surface area contributed by atoms with E-state index < -0.39 is 5.41 Å². The molecule has 0 saturated heterocycles. The third-order valence-electron chi connectivity index (χ3n) is 5.75. The Hall–Kier alpha value is -2.22. The molecule has 0 radical (unpaired) electrons. The minimum absolute atomic E-state index is 0.0810. The van der Waals surface area contributed by atoms with Crippen molar-refractivity contribution in [3.63, 3.8) is 0 Å². The van der Waals surface area contributed by atoms with Gasteiger partial charge >= 0.3 is 0 Å². The third-order valence-corrected chi connectivity index (χ3v) is 5.75. The molecule has 2 atom stereocenters. The molecular weight excluding hydrogens is 318 g/mol. The van der Waals surface area contributed by atoms with Gasteiger partial charge in [-0.15, -0.1) is 0 Å². The van der Waals surface area contributed by atoms with Gasteiger partial charge in [0.05, 0.1) is 17.0 Å². The number of Topliss-reactive ketones (excluding diaryl/α,β-unsaturated/α-hetero) is 1. The fourth-order valence-corrected chi connectivity index (χ4v) is 3.88. The SMILES string of the molecule is CC(=Nc1ccccc1)C1CCC(C)(c2ccc(C(C)(C)C)cc2)C1=O. The topological polar surface area (TPSA) is 29.4 Å². The van der Waals surface area contributed by atoms with Crippen LogP contribution < -0.4 is 0 Å². The van der Waals surface area contributed by atoms with E-state index in [4.69, 9.17) is 4.99 Å². The van der Waals surface area contributed by atoms with Crippen molar-refractivity contribution in [2.45, 2.75) is 58.3 Å². The monoisotopic (exact) mass is 347 g/mol. The van der Waals surface area contributed by atoms with Gasteiger partial charge in [-0.3, -0.25) is 9.79 Å². The van der Waals surface area contributed by atoms with Crippen LogP contribution in [-0.4, -0.2) is 11.5 Å². The van der Waals surface area contributed by atoms with Crippen molar-refractivity contribution >= 4 is 17.2 Å². The van der Waals surface area contributed by atoms with Crippen LogP contribution in [0.1, 0.15) is 58.6 Å².